The van der Waals surface area contributed by atoms with E-state index in [0.29, 0.717) is 29.3 Å². The second-order valence-corrected chi connectivity index (χ2v) is 4.99. The van der Waals surface area contributed by atoms with Gasteiger partial charge in [0.15, 0.2) is 5.58 Å². The first-order valence-electron chi connectivity index (χ1n) is 5.52. The third kappa shape index (κ3) is 2.02. The number of rotatable bonds is 3. The Morgan fingerprint density at radius 3 is 3.00 bits per heavy atom. The molecule has 0 amide bonds. The fourth-order valence-electron chi connectivity index (χ4n) is 1.70. The molecule has 6 heteroatoms. The van der Waals surface area contributed by atoms with Crippen LogP contribution in [0.2, 0.25) is 0 Å². The molecular weight excluding hydrogens is 248 g/mol. The number of thiazole rings is 1. The molecule has 3 N–H and O–H groups in total. The maximum absolute atomic E-state index is 5.82. The van der Waals surface area contributed by atoms with Crippen molar-refractivity contribution in [3.8, 4) is 0 Å². The quantitative estimate of drug-likeness (QED) is 0.708. The first kappa shape index (κ1) is 11.0. The van der Waals surface area contributed by atoms with Gasteiger partial charge in [0.1, 0.15) is 5.52 Å². The molecule has 0 bridgehead atoms. The molecule has 0 saturated carbocycles. The van der Waals surface area contributed by atoms with Crippen LogP contribution in [0.25, 0.3) is 11.1 Å². The first-order chi connectivity index (χ1) is 8.72. The zero-order valence-electron chi connectivity index (χ0n) is 9.80. The predicted octanol–water partition coefficient (Wildman–Crippen LogP) is 2.79. The fourth-order valence-corrected chi connectivity index (χ4v) is 2.31. The summed E-state index contributed by atoms with van der Waals surface area (Å²) in [6, 6.07) is 5.96. The van der Waals surface area contributed by atoms with Crippen LogP contribution in [0.1, 0.15) is 10.7 Å². The molecule has 2 aromatic heterocycles. The number of oxazole rings is 1. The van der Waals surface area contributed by atoms with E-state index in [-0.39, 0.29) is 0 Å². The molecule has 0 aliphatic carbocycles. The van der Waals surface area contributed by atoms with Crippen molar-refractivity contribution in [2.75, 3.05) is 11.1 Å². The van der Waals surface area contributed by atoms with Crippen molar-refractivity contribution in [1.29, 1.82) is 0 Å². The molecular formula is C12H12N4OS. The number of aromatic nitrogens is 2. The fraction of sp³-hybridized carbons (Fsp3) is 0.167. The molecule has 0 atom stereocenters. The highest BCUT2D eigenvalue weighted by Gasteiger charge is 2.08. The van der Waals surface area contributed by atoms with Crippen LogP contribution in [0.4, 0.5) is 11.7 Å². The van der Waals surface area contributed by atoms with Crippen LogP contribution in [0.5, 0.6) is 0 Å². The average Bonchev–Trinajstić information content (AvgIpc) is 2.93. The number of para-hydroxylation sites is 1. The van der Waals surface area contributed by atoms with Crippen molar-refractivity contribution in [2.45, 2.75) is 13.5 Å². The largest absolute Gasteiger partial charge is 0.423 e. The van der Waals surface area contributed by atoms with E-state index >= 15 is 0 Å². The topological polar surface area (TPSA) is 77.0 Å². The van der Waals surface area contributed by atoms with Gasteiger partial charge in [-0.15, -0.1) is 11.3 Å². The Kier molecular flexibility index (Phi) is 2.64. The third-order valence-corrected chi connectivity index (χ3v) is 3.36. The molecule has 1 aromatic carbocycles. The summed E-state index contributed by atoms with van der Waals surface area (Å²) in [6.07, 6.45) is 0. The van der Waals surface area contributed by atoms with Crippen molar-refractivity contribution in [3.63, 3.8) is 0 Å². The lowest BCUT2D eigenvalue weighted by Gasteiger charge is -1.96. The summed E-state index contributed by atoms with van der Waals surface area (Å²) in [5.74, 6) is 0. The van der Waals surface area contributed by atoms with Gasteiger partial charge in [0, 0.05) is 5.38 Å². The standard InChI is InChI=1S/C12H12N4OS/c1-7-15-8(6-18-7)5-14-12-16-11-9(13)3-2-4-10(11)17-12/h2-4,6H,5,13H2,1H3,(H,14,16). The number of nitrogens with zero attached hydrogens (tertiary/aromatic N) is 2. The molecule has 0 unspecified atom stereocenters. The van der Waals surface area contributed by atoms with Crippen LogP contribution < -0.4 is 11.1 Å². The van der Waals surface area contributed by atoms with Crippen LogP contribution in [-0.2, 0) is 6.54 Å². The lowest BCUT2D eigenvalue weighted by atomic mass is 10.3. The third-order valence-electron chi connectivity index (χ3n) is 2.54. The van der Waals surface area contributed by atoms with E-state index in [1.54, 1.807) is 17.4 Å². The van der Waals surface area contributed by atoms with Crippen LogP contribution in [0.15, 0.2) is 28.0 Å². The number of anilines is 2. The number of aryl methyl sites for hydroxylation is 1. The molecule has 0 aliphatic rings. The molecule has 0 fully saturated rings. The van der Waals surface area contributed by atoms with E-state index in [4.69, 9.17) is 10.2 Å². The van der Waals surface area contributed by atoms with Gasteiger partial charge in [-0.2, -0.15) is 4.98 Å². The molecule has 0 spiro atoms. The summed E-state index contributed by atoms with van der Waals surface area (Å²) in [6.45, 7) is 2.57. The number of nitrogens with two attached hydrogens (primary N) is 1. The molecule has 0 aliphatic heterocycles. The predicted molar refractivity (Wildman–Crippen MR) is 72.6 cm³/mol. The van der Waals surface area contributed by atoms with Gasteiger partial charge in [-0.25, -0.2) is 4.98 Å². The van der Waals surface area contributed by atoms with E-state index in [1.165, 1.54) is 0 Å². The SMILES string of the molecule is Cc1nc(CNc2nc3c(N)cccc3o2)cs1. The van der Waals surface area contributed by atoms with Gasteiger partial charge in [-0.05, 0) is 19.1 Å². The normalized spacial score (nSPS) is 10.9. The minimum atomic E-state index is 0.466. The zero-order chi connectivity index (χ0) is 12.5. The first-order valence-corrected chi connectivity index (χ1v) is 6.40. The summed E-state index contributed by atoms with van der Waals surface area (Å²) in [4.78, 5) is 8.67. The lowest BCUT2D eigenvalue weighted by Crippen LogP contribution is -1.99. The molecule has 3 aromatic rings. The highest BCUT2D eigenvalue weighted by molar-refractivity contribution is 7.09. The van der Waals surface area contributed by atoms with E-state index in [1.807, 2.05) is 24.4 Å². The Morgan fingerprint density at radius 2 is 2.28 bits per heavy atom. The summed E-state index contributed by atoms with van der Waals surface area (Å²) < 4.78 is 5.55. The summed E-state index contributed by atoms with van der Waals surface area (Å²) in [5, 5.41) is 6.16. The summed E-state index contributed by atoms with van der Waals surface area (Å²) in [7, 11) is 0. The van der Waals surface area contributed by atoms with Gasteiger partial charge in [0.05, 0.1) is 22.9 Å². The van der Waals surface area contributed by atoms with E-state index in [2.05, 4.69) is 15.3 Å². The van der Waals surface area contributed by atoms with E-state index in [0.717, 1.165) is 10.7 Å². The zero-order valence-corrected chi connectivity index (χ0v) is 10.6. The van der Waals surface area contributed by atoms with Crippen molar-refractivity contribution in [1.82, 2.24) is 9.97 Å². The van der Waals surface area contributed by atoms with E-state index in [9.17, 15) is 0 Å². The van der Waals surface area contributed by atoms with Crippen LogP contribution >= 0.6 is 11.3 Å². The molecule has 0 radical (unpaired) electrons. The molecule has 0 saturated heterocycles. The Balaban J connectivity index is 1.81. The second-order valence-electron chi connectivity index (χ2n) is 3.92. The monoisotopic (exact) mass is 260 g/mol. The Labute approximate surface area is 108 Å². The lowest BCUT2D eigenvalue weighted by molar-refractivity contribution is 0.614. The minimum Gasteiger partial charge on any atom is -0.423 e. The number of hydrogen-bond acceptors (Lipinski definition) is 6. The number of nitrogen functional groups attached to an aromatic ring is 1. The molecule has 3 rings (SSSR count). The van der Waals surface area contributed by atoms with Crippen molar-refractivity contribution in [3.05, 3.63) is 34.3 Å². The Bertz CT molecular complexity index is 688. The highest BCUT2D eigenvalue weighted by Crippen LogP contribution is 2.23. The maximum atomic E-state index is 5.82. The van der Waals surface area contributed by atoms with E-state index < -0.39 is 0 Å². The van der Waals surface area contributed by atoms with Crippen LogP contribution in [0.3, 0.4) is 0 Å². The number of fused-ring (bicyclic) bond motifs is 1. The Hall–Kier alpha value is -2.08. The molecule has 5 nitrogen and oxygen atoms in total. The molecule has 92 valence electrons. The smallest absolute Gasteiger partial charge is 0.296 e. The van der Waals surface area contributed by atoms with Crippen molar-refractivity contribution < 1.29 is 4.42 Å². The van der Waals surface area contributed by atoms with Gasteiger partial charge in [-0.1, -0.05) is 6.07 Å². The van der Waals surface area contributed by atoms with Crippen LogP contribution in [0, 0.1) is 6.92 Å². The van der Waals surface area contributed by atoms with Crippen molar-refractivity contribution in [2.24, 2.45) is 0 Å². The number of hydrogen-bond donors (Lipinski definition) is 2. The molecule has 2 heterocycles. The van der Waals surface area contributed by atoms with Gasteiger partial charge in [0.25, 0.3) is 6.01 Å². The molecule has 18 heavy (non-hydrogen) atoms. The Morgan fingerprint density at radius 1 is 1.39 bits per heavy atom. The summed E-state index contributed by atoms with van der Waals surface area (Å²) >= 11 is 1.62. The summed E-state index contributed by atoms with van der Waals surface area (Å²) in [5.41, 5.74) is 8.79. The second kappa shape index (κ2) is 4.30. The van der Waals surface area contributed by atoms with Gasteiger partial charge >= 0.3 is 0 Å². The van der Waals surface area contributed by atoms with Gasteiger partial charge in [0.2, 0.25) is 0 Å². The van der Waals surface area contributed by atoms with Crippen molar-refractivity contribution >= 4 is 34.1 Å². The maximum Gasteiger partial charge on any atom is 0.296 e. The highest BCUT2D eigenvalue weighted by atomic mass is 32.1. The van der Waals surface area contributed by atoms with Crippen LogP contribution in [-0.4, -0.2) is 9.97 Å². The average molecular weight is 260 g/mol. The number of nitrogens with one attached hydrogen (secondary N) is 1. The van der Waals surface area contributed by atoms with Gasteiger partial charge in [-0.3, -0.25) is 0 Å². The van der Waals surface area contributed by atoms with Gasteiger partial charge < -0.3 is 15.5 Å². The minimum absolute atomic E-state index is 0.466. The number of benzene rings is 1.